The number of hydrogen-bond donors (Lipinski definition) is 4. The number of amides is 1. The summed E-state index contributed by atoms with van der Waals surface area (Å²) in [5.74, 6) is -0.181. The van der Waals surface area contributed by atoms with Gasteiger partial charge in [-0.1, -0.05) is 0 Å². The van der Waals surface area contributed by atoms with Crippen LogP contribution in [0.4, 0.5) is 0 Å². The van der Waals surface area contributed by atoms with E-state index in [2.05, 4.69) is 15.2 Å². The third kappa shape index (κ3) is 5.38. The molecule has 2 aliphatic rings. The van der Waals surface area contributed by atoms with Crippen molar-refractivity contribution in [3.63, 3.8) is 0 Å². The second-order valence-corrected chi connectivity index (χ2v) is 5.99. The second kappa shape index (κ2) is 9.30. The van der Waals surface area contributed by atoms with Crippen LogP contribution in [0.2, 0.25) is 0 Å². The highest BCUT2D eigenvalue weighted by Crippen LogP contribution is 2.24. The number of carboxylic acid groups (broad SMARTS) is 1. The first-order valence-electron chi connectivity index (χ1n) is 8.07. The van der Waals surface area contributed by atoms with Gasteiger partial charge in [-0.15, -0.1) is 0 Å². The number of carbonyl (C=O) groups excluding carboxylic acids is 1. The van der Waals surface area contributed by atoms with E-state index in [1.54, 1.807) is 0 Å². The number of aliphatic hydroxyl groups is 1. The monoisotopic (exact) mass is 353 g/mol. The number of hydrogen-bond acceptors (Lipinski definition) is 7. The fourth-order valence-corrected chi connectivity index (χ4v) is 3.15. The average Bonchev–Trinajstić information content (AvgIpc) is 2.98. The first-order valence-corrected chi connectivity index (χ1v) is 8.07. The number of aromatic hydroxyl groups is 1. The summed E-state index contributed by atoms with van der Waals surface area (Å²) in [7, 11) is 0. The number of carbonyl (C=O) groups is 2. The lowest BCUT2D eigenvalue weighted by atomic mass is 10.1. The van der Waals surface area contributed by atoms with Crippen molar-refractivity contribution in [2.75, 3.05) is 26.3 Å². The molecule has 1 amide bonds. The SMILES string of the molecule is O=C(N[C@@H]1C[C@H]2CO[C@@H](CCO)CN2C1)c1ccc(O)cn1.O=CO. The lowest BCUT2D eigenvalue weighted by Crippen LogP contribution is -2.46. The second-order valence-electron chi connectivity index (χ2n) is 5.99. The van der Waals surface area contributed by atoms with Crippen LogP contribution in [0, 0.1) is 0 Å². The van der Waals surface area contributed by atoms with Crippen molar-refractivity contribution < 1.29 is 29.6 Å². The average molecular weight is 353 g/mol. The number of morpholine rings is 1. The van der Waals surface area contributed by atoms with E-state index >= 15 is 0 Å². The number of ether oxygens (including phenoxy) is 1. The van der Waals surface area contributed by atoms with Gasteiger partial charge in [0.2, 0.25) is 0 Å². The molecule has 25 heavy (non-hydrogen) atoms. The van der Waals surface area contributed by atoms with Crippen molar-refractivity contribution >= 4 is 12.4 Å². The Hall–Kier alpha value is -2.23. The summed E-state index contributed by atoms with van der Waals surface area (Å²) in [6.45, 7) is 2.12. The summed E-state index contributed by atoms with van der Waals surface area (Å²) in [4.78, 5) is 26.7. The number of nitrogens with zero attached hydrogens (tertiary/aromatic N) is 2. The van der Waals surface area contributed by atoms with E-state index in [1.165, 1.54) is 18.3 Å². The number of aromatic nitrogens is 1. The maximum atomic E-state index is 12.1. The third-order valence-corrected chi connectivity index (χ3v) is 4.26. The largest absolute Gasteiger partial charge is 0.506 e. The van der Waals surface area contributed by atoms with Gasteiger partial charge in [-0.2, -0.15) is 0 Å². The zero-order valence-corrected chi connectivity index (χ0v) is 13.7. The lowest BCUT2D eigenvalue weighted by molar-refractivity contribution is -0.122. The molecule has 2 fully saturated rings. The molecule has 9 heteroatoms. The van der Waals surface area contributed by atoms with Gasteiger partial charge in [0.15, 0.2) is 0 Å². The van der Waals surface area contributed by atoms with E-state index in [9.17, 15) is 9.90 Å². The topological polar surface area (TPSA) is 132 Å². The predicted molar refractivity (Wildman–Crippen MR) is 87.3 cm³/mol. The molecule has 0 bridgehead atoms. The predicted octanol–water partition coefficient (Wildman–Crippen LogP) is -0.558. The Morgan fingerprint density at radius 1 is 1.44 bits per heavy atom. The minimum Gasteiger partial charge on any atom is -0.506 e. The van der Waals surface area contributed by atoms with E-state index in [0.29, 0.717) is 24.8 Å². The van der Waals surface area contributed by atoms with Crippen molar-refractivity contribution in [1.29, 1.82) is 0 Å². The smallest absolute Gasteiger partial charge is 0.290 e. The molecule has 2 aliphatic heterocycles. The minimum atomic E-state index is -0.250. The summed E-state index contributed by atoms with van der Waals surface area (Å²) >= 11 is 0. The molecule has 0 saturated carbocycles. The molecule has 1 aromatic rings. The summed E-state index contributed by atoms with van der Waals surface area (Å²) in [6, 6.07) is 3.36. The fourth-order valence-electron chi connectivity index (χ4n) is 3.15. The maximum absolute atomic E-state index is 12.1. The van der Waals surface area contributed by atoms with Gasteiger partial charge in [0.25, 0.3) is 12.4 Å². The molecule has 4 N–H and O–H groups in total. The zero-order chi connectivity index (χ0) is 18.2. The molecule has 138 valence electrons. The van der Waals surface area contributed by atoms with Crippen molar-refractivity contribution in [3.8, 4) is 5.75 Å². The quantitative estimate of drug-likeness (QED) is 0.530. The Morgan fingerprint density at radius 3 is 2.84 bits per heavy atom. The molecule has 0 aliphatic carbocycles. The maximum Gasteiger partial charge on any atom is 0.290 e. The van der Waals surface area contributed by atoms with Gasteiger partial charge in [0, 0.05) is 31.8 Å². The summed E-state index contributed by atoms with van der Waals surface area (Å²) in [6.07, 6.45) is 2.85. The molecular formula is C16H23N3O6. The third-order valence-electron chi connectivity index (χ3n) is 4.26. The summed E-state index contributed by atoms with van der Waals surface area (Å²) < 4.78 is 5.73. The van der Waals surface area contributed by atoms with Gasteiger partial charge in [-0.25, -0.2) is 4.98 Å². The van der Waals surface area contributed by atoms with Crippen LogP contribution in [0.25, 0.3) is 0 Å². The molecule has 3 rings (SSSR count). The number of fused-ring (bicyclic) bond motifs is 1. The van der Waals surface area contributed by atoms with Crippen molar-refractivity contribution in [3.05, 3.63) is 24.0 Å². The highest BCUT2D eigenvalue weighted by molar-refractivity contribution is 5.92. The van der Waals surface area contributed by atoms with E-state index in [4.69, 9.17) is 19.7 Å². The number of nitrogens with one attached hydrogen (secondary N) is 1. The summed E-state index contributed by atoms with van der Waals surface area (Å²) in [5, 5.41) is 28.1. The van der Waals surface area contributed by atoms with Crippen molar-refractivity contribution in [2.24, 2.45) is 0 Å². The van der Waals surface area contributed by atoms with Gasteiger partial charge in [0.05, 0.1) is 18.9 Å². The Labute approximate surface area is 145 Å². The number of aliphatic hydroxyl groups excluding tert-OH is 1. The van der Waals surface area contributed by atoms with Crippen LogP contribution in [0.5, 0.6) is 5.75 Å². The Kier molecular flexibility index (Phi) is 7.11. The molecule has 9 nitrogen and oxygen atoms in total. The highest BCUT2D eigenvalue weighted by atomic mass is 16.5. The van der Waals surface area contributed by atoms with E-state index < -0.39 is 0 Å². The first-order chi connectivity index (χ1) is 12.1. The van der Waals surface area contributed by atoms with E-state index in [-0.39, 0.29) is 36.9 Å². The zero-order valence-electron chi connectivity index (χ0n) is 13.7. The molecular weight excluding hydrogens is 330 g/mol. The fraction of sp³-hybridized carbons (Fsp3) is 0.562. The Morgan fingerprint density at radius 2 is 2.20 bits per heavy atom. The van der Waals surface area contributed by atoms with Crippen LogP contribution >= 0.6 is 0 Å². The van der Waals surface area contributed by atoms with Gasteiger partial charge in [-0.3, -0.25) is 14.5 Å². The van der Waals surface area contributed by atoms with E-state index in [1.807, 2.05) is 0 Å². The van der Waals surface area contributed by atoms with E-state index in [0.717, 1.165) is 19.5 Å². The Bertz CT molecular complexity index is 567. The van der Waals surface area contributed by atoms with Crippen LogP contribution in [0.1, 0.15) is 23.3 Å². The van der Waals surface area contributed by atoms with Crippen LogP contribution in [-0.2, 0) is 9.53 Å². The molecule has 0 radical (unpaired) electrons. The normalized spacial score (nSPS) is 25.4. The first kappa shape index (κ1) is 19.1. The molecule has 0 unspecified atom stereocenters. The van der Waals surface area contributed by atoms with Gasteiger partial charge in [0.1, 0.15) is 11.4 Å². The van der Waals surface area contributed by atoms with Crippen molar-refractivity contribution in [2.45, 2.75) is 31.0 Å². The minimum absolute atomic E-state index is 0.0432. The highest BCUT2D eigenvalue weighted by Gasteiger charge is 2.37. The molecule has 3 atom stereocenters. The lowest BCUT2D eigenvalue weighted by Gasteiger charge is -2.34. The van der Waals surface area contributed by atoms with Crippen LogP contribution in [-0.4, -0.2) is 82.1 Å². The molecule has 0 spiro atoms. The van der Waals surface area contributed by atoms with Gasteiger partial charge < -0.3 is 25.4 Å². The number of pyridine rings is 1. The van der Waals surface area contributed by atoms with Crippen LogP contribution in [0.15, 0.2) is 18.3 Å². The van der Waals surface area contributed by atoms with Crippen LogP contribution in [0.3, 0.4) is 0 Å². The Balaban J connectivity index is 0.000000701. The van der Waals surface area contributed by atoms with Gasteiger partial charge >= 0.3 is 0 Å². The molecule has 2 saturated heterocycles. The molecule has 0 aromatic carbocycles. The summed E-state index contributed by atoms with van der Waals surface area (Å²) in [5.41, 5.74) is 0.303. The molecule has 3 heterocycles. The van der Waals surface area contributed by atoms with Crippen molar-refractivity contribution in [1.82, 2.24) is 15.2 Å². The standard InChI is InChI=1S/C15H21N3O4.CH2O2/c19-4-3-13-8-18-7-10(5-11(18)9-22-13)17-15(21)14-2-1-12(20)6-16-14;2-1-3/h1-2,6,10-11,13,19-20H,3-5,7-9H2,(H,17,21);1H,(H,2,3)/t10-,11+,13+;/m1./s1. The van der Waals surface area contributed by atoms with Crippen LogP contribution < -0.4 is 5.32 Å². The number of rotatable bonds is 4. The molecule has 1 aromatic heterocycles. The van der Waals surface area contributed by atoms with Gasteiger partial charge in [-0.05, 0) is 25.0 Å².